The second kappa shape index (κ2) is 8.23. The van der Waals surface area contributed by atoms with E-state index in [9.17, 15) is 14.7 Å². The van der Waals surface area contributed by atoms with Crippen molar-refractivity contribution in [3.8, 4) is 0 Å². The van der Waals surface area contributed by atoms with Crippen molar-refractivity contribution in [2.24, 2.45) is 5.92 Å². The number of benzene rings is 1. The average Bonchev–Trinajstić information content (AvgIpc) is 2.52. The quantitative estimate of drug-likeness (QED) is 0.686. The van der Waals surface area contributed by atoms with Gasteiger partial charge in [0.05, 0.1) is 37.8 Å². The van der Waals surface area contributed by atoms with Gasteiger partial charge in [-0.2, -0.15) is 0 Å². The lowest BCUT2D eigenvalue weighted by atomic mass is 9.83. The summed E-state index contributed by atoms with van der Waals surface area (Å²) in [6.07, 6.45) is -3.96. The van der Waals surface area contributed by atoms with E-state index in [2.05, 4.69) is 0 Å². The van der Waals surface area contributed by atoms with Crippen LogP contribution in [0.4, 0.5) is 0 Å². The Hall–Kier alpha value is -1.96. The number of ether oxygens (including phenoxy) is 2. The molecule has 0 aliphatic carbocycles. The van der Waals surface area contributed by atoms with E-state index in [1.54, 1.807) is 6.92 Å². The molecule has 0 amide bonds. The van der Waals surface area contributed by atoms with Crippen molar-refractivity contribution in [3.05, 3.63) is 35.9 Å². The highest BCUT2D eigenvalue weighted by Crippen LogP contribution is 2.33. The number of hydrogen-bond acceptors (Lipinski definition) is 5. The van der Waals surface area contributed by atoms with Gasteiger partial charge in [-0.15, -0.1) is 0 Å². The molecule has 1 aliphatic rings. The van der Waals surface area contributed by atoms with Gasteiger partial charge in [0, 0.05) is 5.92 Å². The van der Waals surface area contributed by atoms with Crippen molar-refractivity contribution in [1.29, 1.82) is 0 Å². The van der Waals surface area contributed by atoms with E-state index in [0.717, 1.165) is 5.56 Å². The van der Waals surface area contributed by atoms with Gasteiger partial charge in [-0.25, -0.2) is 0 Å². The van der Waals surface area contributed by atoms with Crippen LogP contribution in [-0.4, -0.2) is 51.7 Å². The molecule has 132 valence electrons. The summed E-state index contributed by atoms with van der Waals surface area (Å²) in [4.78, 5) is 22.2. The lowest BCUT2D eigenvalue weighted by Gasteiger charge is -2.43. The minimum absolute atomic E-state index is 0.200. The van der Waals surface area contributed by atoms with E-state index in [1.165, 1.54) is 0 Å². The summed E-state index contributed by atoms with van der Waals surface area (Å²) in [5.74, 6) is -2.91. The lowest BCUT2D eigenvalue weighted by molar-refractivity contribution is -0.218. The van der Waals surface area contributed by atoms with Gasteiger partial charge < -0.3 is 24.8 Å². The highest BCUT2D eigenvalue weighted by molar-refractivity contribution is 5.69. The second-order valence-corrected chi connectivity index (χ2v) is 5.99. The fraction of sp³-hybridized carbons (Fsp3) is 0.529. The summed E-state index contributed by atoms with van der Waals surface area (Å²) >= 11 is 0. The molecule has 0 saturated carbocycles. The number of aliphatic hydroxyl groups is 1. The van der Waals surface area contributed by atoms with Crippen LogP contribution in [0, 0.1) is 5.92 Å². The van der Waals surface area contributed by atoms with Crippen LogP contribution in [0.3, 0.4) is 0 Å². The van der Waals surface area contributed by atoms with Gasteiger partial charge in [-0.3, -0.25) is 9.59 Å². The first-order valence-electron chi connectivity index (χ1n) is 7.81. The fourth-order valence-electron chi connectivity index (χ4n) is 3.00. The highest BCUT2D eigenvalue weighted by Gasteiger charge is 2.45. The molecule has 24 heavy (non-hydrogen) atoms. The third-order valence-electron chi connectivity index (χ3n) is 4.18. The first kappa shape index (κ1) is 18.4. The minimum atomic E-state index is -1.09. The lowest BCUT2D eigenvalue weighted by Crippen LogP contribution is -2.55. The SMILES string of the molecule is C[C@@H]1OC(CC(=O)O)[C@@H](CC(=O)O)[C@@H](OCc2ccccc2)[C@H]1O. The molecule has 0 spiro atoms. The number of aliphatic carboxylic acids is 2. The van der Waals surface area contributed by atoms with E-state index in [-0.39, 0.29) is 19.4 Å². The standard InChI is InChI=1S/C17H22O7/c1-10-16(22)17(23-9-11-5-3-2-4-6-11)12(7-14(18)19)13(24-10)8-15(20)21/h2-6,10,12-13,16-17,22H,7-9H2,1H3,(H,18,19)(H,20,21)/t10-,12+,13?,16-,17+/m0/s1. The second-order valence-electron chi connectivity index (χ2n) is 5.99. The van der Waals surface area contributed by atoms with Crippen LogP contribution in [0.15, 0.2) is 30.3 Å². The summed E-state index contributed by atoms with van der Waals surface area (Å²) in [6, 6.07) is 9.28. The maximum absolute atomic E-state index is 11.2. The van der Waals surface area contributed by atoms with Crippen LogP contribution in [0.2, 0.25) is 0 Å². The molecule has 0 radical (unpaired) electrons. The van der Waals surface area contributed by atoms with E-state index >= 15 is 0 Å². The largest absolute Gasteiger partial charge is 0.481 e. The molecular weight excluding hydrogens is 316 g/mol. The van der Waals surface area contributed by atoms with Crippen molar-refractivity contribution >= 4 is 11.9 Å². The van der Waals surface area contributed by atoms with Crippen LogP contribution in [0.25, 0.3) is 0 Å². The van der Waals surface area contributed by atoms with E-state index < -0.39 is 42.3 Å². The Morgan fingerprint density at radius 2 is 1.75 bits per heavy atom. The van der Waals surface area contributed by atoms with Crippen molar-refractivity contribution in [2.75, 3.05) is 0 Å². The molecule has 0 bridgehead atoms. The van der Waals surface area contributed by atoms with Crippen molar-refractivity contribution in [2.45, 2.75) is 50.8 Å². The van der Waals surface area contributed by atoms with Gasteiger partial charge >= 0.3 is 11.9 Å². The molecular formula is C17H22O7. The third kappa shape index (κ3) is 4.77. The van der Waals surface area contributed by atoms with Gasteiger partial charge in [-0.1, -0.05) is 30.3 Å². The van der Waals surface area contributed by atoms with Crippen LogP contribution < -0.4 is 0 Å². The molecule has 7 heteroatoms. The van der Waals surface area contributed by atoms with Gasteiger partial charge in [-0.05, 0) is 12.5 Å². The maximum atomic E-state index is 11.2. The smallest absolute Gasteiger partial charge is 0.305 e. The predicted molar refractivity (Wildman–Crippen MR) is 83.4 cm³/mol. The van der Waals surface area contributed by atoms with Crippen molar-refractivity contribution in [3.63, 3.8) is 0 Å². The Labute approximate surface area is 139 Å². The zero-order valence-corrected chi connectivity index (χ0v) is 13.4. The maximum Gasteiger partial charge on any atom is 0.305 e. The molecule has 5 atom stereocenters. The van der Waals surface area contributed by atoms with Crippen LogP contribution in [-0.2, 0) is 25.7 Å². The summed E-state index contributed by atoms with van der Waals surface area (Å²) in [5.41, 5.74) is 0.882. The van der Waals surface area contributed by atoms with E-state index in [1.807, 2.05) is 30.3 Å². The Bertz CT molecular complexity index is 559. The first-order chi connectivity index (χ1) is 11.4. The number of carbonyl (C=O) groups is 2. The van der Waals surface area contributed by atoms with Crippen molar-refractivity contribution < 1.29 is 34.4 Å². The molecule has 1 fully saturated rings. The average molecular weight is 338 g/mol. The summed E-state index contributed by atoms with van der Waals surface area (Å²) in [5, 5.41) is 28.5. The summed E-state index contributed by atoms with van der Waals surface area (Å²) < 4.78 is 11.3. The van der Waals surface area contributed by atoms with Gasteiger partial charge in [0.25, 0.3) is 0 Å². The third-order valence-corrected chi connectivity index (χ3v) is 4.18. The molecule has 1 aromatic carbocycles. The number of aliphatic hydroxyl groups excluding tert-OH is 1. The fourth-order valence-corrected chi connectivity index (χ4v) is 3.00. The minimum Gasteiger partial charge on any atom is -0.481 e. The van der Waals surface area contributed by atoms with Gasteiger partial charge in [0.15, 0.2) is 0 Å². The Balaban J connectivity index is 2.16. The molecule has 7 nitrogen and oxygen atoms in total. The van der Waals surface area contributed by atoms with Gasteiger partial charge in [0.2, 0.25) is 0 Å². The zero-order valence-electron chi connectivity index (χ0n) is 13.4. The van der Waals surface area contributed by atoms with E-state index in [4.69, 9.17) is 19.7 Å². The van der Waals surface area contributed by atoms with E-state index in [0.29, 0.717) is 0 Å². The zero-order chi connectivity index (χ0) is 17.7. The molecule has 1 aliphatic heterocycles. The Morgan fingerprint density at radius 3 is 2.33 bits per heavy atom. The first-order valence-corrected chi connectivity index (χ1v) is 7.81. The topological polar surface area (TPSA) is 113 Å². The molecule has 3 N–H and O–H groups in total. The highest BCUT2D eigenvalue weighted by atomic mass is 16.5. The van der Waals surface area contributed by atoms with Gasteiger partial charge in [0.1, 0.15) is 6.10 Å². The molecule has 1 unspecified atom stereocenters. The summed E-state index contributed by atoms with van der Waals surface area (Å²) in [6.45, 7) is 1.82. The normalized spacial score (nSPS) is 30.0. The molecule has 0 aromatic heterocycles. The van der Waals surface area contributed by atoms with Crippen LogP contribution >= 0.6 is 0 Å². The van der Waals surface area contributed by atoms with Crippen molar-refractivity contribution in [1.82, 2.24) is 0 Å². The monoisotopic (exact) mass is 338 g/mol. The molecule has 1 saturated heterocycles. The Morgan fingerprint density at radius 1 is 1.12 bits per heavy atom. The predicted octanol–water partition coefficient (Wildman–Crippen LogP) is 1.29. The molecule has 1 heterocycles. The number of carboxylic acid groups (broad SMARTS) is 2. The molecule has 2 rings (SSSR count). The summed E-state index contributed by atoms with van der Waals surface area (Å²) in [7, 11) is 0. The molecule has 1 aromatic rings. The van der Waals surface area contributed by atoms with Crippen LogP contribution in [0.1, 0.15) is 25.3 Å². The number of rotatable bonds is 7. The number of carboxylic acids is 2. The van der Waals surface area contributed by atoms with Crippen LogP contribution in [0.5, 0.6) is 0 Å². The number of hydrogen-bond donors (Lipinski definition) is 3. The Kier molecular flexibility index (Phi) is 6.30.